The van der Waals surface area contributed by atoms with E-state index in [1.807, 2.05) is 23.0 Å². The summed E-state index contributed by atoms with van der Waals surface area (Å²) in [7, 11) is 1.68. The summed E-state index contributed by atoms with van der Waals surface area (Å²) >= 11 is 0. The second-order valence-electron chi connectivity index (χ2n) is 6.19. The Morgan fingerprint density at radius 1 is 1.25 bits per heavy atom. The summed E-state index contributed by atoms with van der Waals surface area (Å²) in [6, 6.07) is 6.24. The molecule has 0 aliphatic heterocycles. The van der Waals surface area contributed by atoms with Crippen molar-refractivity contribution in [2.24, 2.45) is 0 Å². The maximum Gasteiger partial charge on any atom is 0.181 e. The number of hydrogen-bond donors (Lipinski definition) is 1. The minimum Gasteiger partial charge on any atom is -0.364 e. The molecule has 4 heterocycles. The Morgan fingerprint density at radius 2 is 2.12 bits per heavy atom. The first-order chi connectivity index (χ1) is 11.7. The van der Waals surface area contributed by atoms with Gasteiger partial charge in [-0.15, -0.1) is 0 Å². The van der Waals surface area contributed by atoms with Gasteiger partial charge in [0.2, 0.25) is 0 Å². The minimum absolute atomic E-state index is 0.345. The molecule has 0 radical (unpaired) electrons. The number of nitrogens with zero attached hydrogens (tertiary/aromatic N) is 4. The lowest BCUT2D eigenvalue weighted by Gasteiger charge is -2.08. The van der Waals surface area contributed by atoms with Gasteiger partial charge in [0.1, 0.15) is 12.4 Å². The van der Waals surface area contributed by atoms with Crippen molar-refractivity contribution >= 4 is 22.1 Å². The zero-order valence-corrected chi connectivity index (χ0v) is 13.9. The molecule has 0 saturated heterocycles. The molecule has 0 bridgehead atoms. The van der Waals surface area contributed by atoms with E-state index in [4.69, 9.17) is 4.74 Å². The highest BCUT2D eigenvalue weighted by Crippen LogP contribution is 2.32. The molecule has 1 N–H and O–H groups in total. The van der Waals surface area contributed by atoms with Crippen LogP contribution in [-0.2, 0) is 11.5 Å². The number of hydrogen-bond acceptors (Lipinski definition) is 4. The minimum atomic E-state index is 0.345. The van der Waals surface area contributed by atoms with Crippen LogP contribution in [0.3, 0.4) is 0 Å². The number of rotatable bonds is 4. The first-order valence-corrected chi connectivity index (χ1v) is 7.96. The third-order valence-electron chi connectivity index (χ3n) is 4.24. The SMILES string of the molecule is COCn1ccc2cc(-c3ccnc4n[nH]c(C(C)C)c34)cnc21. The monoisotopic (exact) mass is 321 g/mol. The first-order valence-electron chi connectivity index (χ1n) is 7.96. The summed E-state index contributed by atoms with van der Waals surface area (Å²) in [4.78, 5) is 9.01. The summed E-state index contributed by atoms with van der Waals surface area (Å²) in [5.41, 5.74) is 4.93. The second-order valence-corrected chi connectivity index (χ2v) is 6.19. The van der Waals surface area contributed by atoms with Crippen LogP contribution < -0.4 is 0 Å². The highest BCUT2D eigenvalue weighted by Gasteiger charge is 2.15. The number of methoxy groups -OCH3 is 1. The molecule has 4 aromatic heterocycles. The van der Waals surface area contributed by atoms with Gasteiger partial charge in [0.25, 0.3) is 0 Å². The van der Waals surface area contributed by atoms with E-state index in [-0.39, 0.29) is 0 Å². The van der Waals surface area contributed by atoms with E-state index in [1.165, 1.54) is 0 Å². The Labute approximate surface area is 139 Å². The maximum absolute atomic E-state index is 5.20. The van der Waals surface area contributed by atoms with Crippen molar-refractivity contribution in [2.45, 2.75) is 26.5 Å². The number of H-pyrrole nitrogens is 1. The number of pyridine rings is 2. The molecule has 0 aliphatic carbocycles. The van der Waals surface area contributed by atoms with Crippen LogP contribution in [0, 0.1) is 0 Å². The molecule has 0 aliphatic rings. The van der Waals surface area contributed by atoms with E-state index in [9.17, 15) is 0 Å². The van der Waals surface area contributed by atoms with Gasteiger partial charge in [0.15, 0.2) is 5.65 Å². The normalized spacial score (nSPS) is 11.8. The molecule has 0 atom stereocenters. The van der Waals surface area contributed by atoms with Gasteiger partial charge in [-0.1, -0.05) is 13.8 Å². The van der Waals surface area contributed by atoms with Gasteiger partial charge < -0.3 is 9.30 Å². The van der Waals surface area contributed by atoms with E-state index in [0.29, 0.717) is 12.6 Å². The molecule has 0 spiro atoms. The zero-order chi connectivity index (χ0) is 16.7. The molecule has 0 aromatic carbocycles. The number of aromatic amines is 1. The predicted octanol–water partition coefficient (Wildman–Crippen LogP) is 3.70. The van der Waals surface area contributed by atoms with Gasteiger partial charge in [-0.3, -0.25) is 5.10 Å². The molecule has 24 heavy (non-hydrogen) atoms. The van der Waals surface area contributed by atoms with Crippen LogP contribution in [0.5, 0.6) is 0 Å². The average Bonchev–Trinajstić information content (AvgIpc) is 3.19. The molecule has 6 heteroatoms. The summed E-state index contributed by atoms with van der Waals surface area (Å²) < 4.78 is 7.19. The van der Waals surface area contributed by atoms with Crippen LogP contribution in [0.25, 0.3) is 33.2 Å². The van der Waals surface area contributed by atoms with Gasteiger partial charge in [-0.25, -0.2) is 9.97 Å². The van der Waals surface area contributed by atoms with E-state index < -0.39 is 0 Å². The van der Waals surface area contributed by atoms with E-state index >= 15 is 0 Å². The molecule has 0 fully saturated rings. The zero-order valence-electron chi connectivity index (χ0n) is 13.9. The molecule has 0 saturated carbocycles. The number of nitrogens with one attached hydrogen (secondary N) is 1. The molecule has 6 nitrogen and oxygen atoms in total. The van der Waals surface area contributed by atoms with Crippen LogP contribution in [-0.4, -0.2) is 31.8 Å². The quantitative estimate of drug-likeness (QED) is 0.622. The smallest absolute Gasteiger partial charge is 0.181 e. The van der Waals surface area contributed by atoms with Crippen LogP contribution >= 0.6 is 0 Å². The van der Waals surface area contributed by atoms with Crippen LogP contribution in [0.4, 0.5) is 0 Å². The predicted molar refractivity (Wildman–Crippen MR) is 93.7 cm³/mol. The van der Waals surface area contributed by atoms with Gasteiger partial charge >= 0.3 is 0 Å². The lowest BCUT2D eigenvalue weighted by atomic mass is 9.99. The Hall–Kier alpha value is -2.73. The summed E-state index contributed by atoms with van der Waals surface area (Å²) in [6.45, 7) is 4.79. The molecular weight excluding hydrogens is 302 g/mol. The van der Waals surface area contributed by atoms with Gasteiger partial charge in [0, 0.05) is 42.3 Å². The fourth-order valence-electron chi connectivity index (χ4n) is 3.10. The fourth-order valence-corrected chi connectivity index (χ4v) is 3.10. The Morgan fingerprint density at radius 3 is 2.92 bits per heavy atom. The van der Waals surface area contributed by atoms with Crippen LogP contribution in [0.2, 0.25) is 0 Å². The van der Waals surface area contributed by atoms with Gasteiger partial charge in [0.05, 0.1) is 5.39 Å². The van der Waals surface area contributed by atoms with Crippen LogP contribution in [0.15, 0.2) is 36.8 Å². The highest BCUT2D eigenvalue weighted by atomic mass is 16.5. The van der Waals surface area contributed by atoms with E-state index in [0.717, 1.165) is 38.9 Å². The lowest BCUT2D eigenvalue weighted by Crippen LogP contribution is -1.98. The molecular formula is C18H19N5O. The molecule has 122 valence electrons. The number of aromatic nitrogens is 5. The first kappa shape index (κ1) is 14.8. The summed E-state index contributed by atoms with van der Waals surface area (Å²) in [5.74, 6) is 0.345. The third kappa shape index (κ3) is 2.27. The lowest BCUT2D eigenvalue weighted by molar-refractivity contribution is 0.134. The summed E-state index contributed by atoms with van der Waals surface area (Å²) in [6.07, 6.45) is 5.69. The summed E-state index contributed by atoms with van der Waals surface area (Å²) in [5, 5.41) is 9.63. The van der Waals surface area contributed by atoms with Crippen molar-refractivity contribution in [3.05, 3.63) is 42.5 Å². The van der Waals surface area contributed by atoms with Crippen molar-refractivity contribution in [2.75, 3.05) is 7.11 Å². The van der Waals surface area contributed by atoms with Crippen molar-refractivity contribution in [3.8, 4) is 11.1 Å². The Bertz CT molecular complexity index is 1010. The van der Waals surface area contributed by atoms with Crippen LogP contribution in [0.1, 0.15) is 25.5 Å². The molecule has 0 amide bonds. The highest BCUT2D eigenvalue weighted by molar-refractivity contribution is 5.96. The standard InChI is InChI=1S/C18H19N5O/c1-11(2)16-15-14(4-6-19-17(15)22-21-16)13-8-12-5-7-23(10-24-3)18(12)20-9-13/h4-9,11H,10H2,1-3H3,(H,19,21,22). The Kier molecular flexibility index (Phi) is 3.54. The second kappa shape index (κ2) is 5.72. The number of fused-ring (bicyclic) bond motifs is 2. The molecule has 4 rings (SSSR count). The van der Waals surface area contributed by atoms with Crippen molar-refractivity contribution < 1.29 is 4.74 Å². The molecule has 0 unspecified atom stereocenters. The van der Waals surface area contributed by atoms with E-state index in [2.05, 4.69) is 46.1 Å². The Balaban J connectivity index is 1.91. The maximum atomic E-state index is 5.20. The third-order valence-corrected chi connectivity index (χ3v) is 4.24. The van der Waals surface area contributed by atoms with Crippen molar-refractivity contribution in [1.29, 1.82) is 0 Å². The van der Waals surface area contributed by atoms with Gasteiger partial charge in [-0.05, 0) is 29.7 Å². The fraction of sp³-hybridized carbons (Fsp3) is 0.278. The van der Waals surface area contributed by atoms with Crippen molar-refractivity contribution in [1.82, 2.24) is 24.7 Å². The molecule has 4 aromatic rings. The topological polar surface area (TPSA) is 68.6 Å². The van der Waals surface area contributed by atoms with Crippen molar-refractivity contribution in [3.63, 3.8) is 0 Å². The average molecular weight is 321 g/mol. The van der Waals surface area contributed by atoms with Gasteiger partial charge in [-0.2, -0.15) is 5.10 Å². The number of ether oxygens (including phenoxy) is 1. The van der Waals surface area contributed by atoms with E-state index in [1.54, 1.807) is 13.3 Å². The largest absolute Gasteiger partial charge is 0.364 e.